The zero-order valence-electron chi connectivity index (χ0n) is 15.4. The fraction of sp³-hybridized carbons (Fsp3) is 0.500. The number of alkyl halides is 3. The lowest BCUT2D eigenvalue weighted by atomic mass is 9.92. The molecule has 1 saturated heterocycles. The Bertz CT molecular complexity index is 831. The Balaban J connectivity index is 1.92. The number of ether oxygens (including phenoxy) is 1. The van der Waals surface area contributed by atoms with Crippen LogP contribution in [0, 0.1) is 11.3 Å². The average molecular weight is 378 g/mol. The van der Waals surface area contributed by atoms with Crippen molar-refractivity contribution in [2.45, 2.75) is 63.9 Å². The molecule has 1 amide bonds. The molecule has 3 rings (SSSR count). The maximum absolute atomic E-state index is 13.1. The summed E-state index contributed by atoms with van der Waals surface area (Å²) in [6.45, 7) is 5.39. The monoisotopic (exact) mass is 378 g/mol. The van der Waals surface area contributed by atoms with Gasteiger partial charge in [0.1, 0.15) is 5.60 Å². The van der Waals surface area contributed by atoms with Crippen LogP contribution in [0.4, 0.5) is 18.0 Å². The number of carbonyl (C=O) groups excluding carboxylic acids is 1. The van der Waals surface area contributed by atoms with Gasteiger partial charge in [0.15, 0.2) is 0 Å². The molecule has 7 heteroatoms. The number of nitriles is 1. The van der Waals surface area contributed by atoms with Crippen LogP contribution in [0.5, 0.6) is 0 Å². The van der Waals surface area contributed by atoms with Gasteiger partial charge in [-0.3, -0.25) is 4.90 Å². The highest BCUT2D eigenvalue weighted by atomic mass is 19.4. The second-order valence-electron chi connectivity index (χ2n) is 7.99. The van der Waals surface area contributed by atoms with Gasteiger partial charge in [-0.05, 0) is 69.4 Å². The van der Waals surface area contributed by atoms with Crippen molar-refractivity contribution in [2.75, 3.05) is 0 Å². The second-order valence-corrected chi connectivity index (χ2v) is 7.99. The van der Waals surface area contributed by atoms with Crippen molar-refractivity contribution in [3.8, 4) is 6.07 Å². The molecule has 0 radical (unpaired) electrons. The zero-order valence-corrected chi connectivity index (χ0v) is 15.4. The summed E-state index contributed by atoms with van der Waals surface area (Å²) in [5, 5.41) is 9.08. The lowest BCUT2D eigenvalue weighted by Gasteiger charge is -2.35. The van der Waals surface area contributed by atoms with Crippen LogP contribution < -0.4 is 0 Å². The minimum Gasteiger partial charge on any atom is -0.444 e. The molecular weight excluding hydrogens is 357 g/mol. The quantitative estimate of drug-likeness (QED) is 0.681. The average Bonchev–Trinajstić information content (AvgIpc) is 2.82. The molecule has 0 aliphatic carbocycles. The Hall–Kier alpha value is -2.49. The summed E-state index contributed by atoms with van der Waals surface area (Å²) in [7, 11) is 0. The highest BCUT2D eigenvalue weighted by Crippen LogP contribution is 2.41. The smallest absolute Gasteiger partial charge is 0.416 e. The molecule has 0 spiro atoms. The van der Waals surface area contributed by atoms with Crippen molar-refractivity contribution in [1.82, 2.24) is 4.90 Å². The Morgan fingerprint density at radius 2 is 1.93 bits per heavy atom. The van der Waals surface area contributed by atoms with Crippen LogP contribution in [-0.4, -0.2) is 28.7 Å². The molecule has 2 aliphatic rings. The standard InChI is InChI=1S/C20H21F3N2O2/c1-19(2,3)27-18(26)25-16-4-5-17(25)10-14(9-16)13-6-12(11-24)7-15(8-13)20(21,22)23/h6-9,16-17H,4-5,10H2,1-3H3. The summed E-state index contributed by atoms with van der Waals surface area (Å²) < 4.78 is 44.9. The summed E-state index contributed by atoms with van der Waals surface area (Å²) in [6.07, 6.45) is -1.11. The van der Waals surface area contributed by atoms with Crippen molar-refractivity contribution in [2.24, 2.45) is 0 Å². The van der Waals surface area contributed by atoms with Crippen LogP contribution in [0.25, 0.3) is 5.57 Å². The van der Waals surface area contributed by atoms with E-state index in [-0.39, 0.29) is 17.6 Å². The van der Waals surface area contributed by atoms with Crippen LogP contribution in [-0.2, 0) is 10.9 Å². The van der Waals surface area contributed by atoms with Crippen molar-refractivity contribution in [3.63, 3.8) is 0 Å². The number of amides is 1. The highest BCUT2D eigenvalue weighted by Gasteiger charge is 2.42. The lowest BCUT2D eigenvalue weighted by molar-refractivity contribution is -0.137. The molecule has 1 fully saturated rings. The van der Waals surface area contributed by atoms with E-state index in [0.717, 1.165) is 30.5 Å². The molecule has 2 atom stereocenters. The van der Waals surface area contributed by atoms with Gasteiger partial charge in [-0.15, -0.1) is 0 Å². The lowest BCUT2D eigenvalue weighted by Crippen LogP contribution is -2.45. The van der Waals surface area contributed by atoms with Gasteiger partial charge in [0.25, 0.3) is 0 Å². The van der Waals surface area contributed by atoms with Crippen LogP contribution in [0.1, 0.15) is 56.7 Å². The van der Waals surface area contributed by atoms with E-state index < -0.39 is 23.4 Å². The summed E-state index contributed by atoms with van der Waals surface area (Å²) in [5.41, 5.74) is -0.336. The molecule has 1 aromatic rings. The number of carbonyl (C=O) groups is 1. The first-order chi connectivity index (χ1) is 12.5. The largest absolute Gasteiger partial charge is 0.444 e. The third-order valence-electron chi connectivity index (χ3n) is 4.76. The van der Waals surface area contributed by atoms with Gasteiger partial charge in [0, 0.05) is 6.04 Å². The summed E-state index contributed by atoms with van der Waals surface area (Å²) >= 11 is 0. The zero-order chi connectivity index (χ0) is 20.0. The van der Waals surface area contributed by atoms with Crippen LogP contribution in [0.3, 0.4) is 0 Å². The van der Waals surface area contributed by atoms with E-state index in [1.54, 1.807) is 31.7 Å². The van der Waals surface area contributed by atoms with E-state index in [4.69, 9.17) is 10.00 Å². The maximum Gasteiger partial charge on any atom is 0.416 e. The summed E-state index contributed by atoms with van der Waals surface area (Å²) in [6, 6.07) is 4.90. The fourth-order valence-corrected chi connectivity index (χ4v) is 3.68. The van der Waals surface area contributed by atoms with Gasteiger partial charge in [-0.2, -0.15) is 18.4 Å². The predicted octanol–water partition coefficient (Wildman–Crippen LogP) is 5.13. The van der Waals surface area contributed by atoms with Gasteiger partial charge >= 0.3 is 12.3 Å². The van der Waals surface area contributed by atoms with Gasteiger partial charge in [0.2, 0.25) is 0 Å². The molecule has 0 N–H and O–H groups in total. The minimum absolute atomic E-state index is 0.0253. The molecule has 27 heavy (non-hydrogen) atoms. The first kappa shape index (κ1) is 19.3. The Labute approximate surface area is 156 Å². The van der Waals surface area contributed by atoms with E-state index >= 15 is 0 Å². The number of hydrogen-bond acceptors (Lipinski definition) is 3. The Kier molecular flexibility index (Phi) is 4.71. The molecule has 0 aromatic heterocycles. The van der Waals surface area contributed by atoms with E-state index in [2.05, 4.69) is 0 Å². The number of nitrogens with zero attached hydrogens (tertiary/aromatic N) is 2. The third-order valence-corrected chi connectivity index (χ3v) is 4.76. The van der Waals surface area contributed by atoms with Crippen molar-refractivity contribution < 1.29 is 22.7 Å². The molecule has 2 heterocycles. The van der Waals surface area contributed by atoms with E-state index in [1.807, 2.05) is 6.08 Å². The predicted molar refractivity (Wildman–Crippen MR) is 93.6 cm³/mol. The van der Waals surface area contributed by atoms with E-state index in [0.29, 0.717) is 12.0 Å². The Morgan fingerprint density at radius 1 is 1.22 bits per heavy atom. The number of fused-ring (bicyclic) bond motifs is 2. The molecule has 2 unspecified atom stereocenters. The van der Waals surface area contributed by atoms with Crippen molar-refractivity contribution in [3.05, 3.63) is 41.0 Å². The number of hydrogen-bond donors (Lipinski definition) is 0. The second kappa shape index (κ2) is 6.59. The van der Waals surface area contributed by atoms with Crippen LogP contribution in [0.15, 0.2) is 24.3 Å². The molecule has 1 aromatic carbocycles. The highest BCUT2D eigenvalue weighted by molar-refractivity contribution is 5.75. The summed E-state index contributed by atoms with van der Waals surface area (Å²) in [4.78, 5) is 14.2. The fourth-order valence-electron chi connectivity index (χ4n) is 3.68. The van der Waals surface area contributed by atoms with Gasteiger partial charge in [-0.25, -0.2) is 4.79 Å². The number of rotatable bonds is 1. The third kappa shape index (κ3) is 4.10. The van der Waals surface area contributed by atoms with Gasteiger partial charge in [0.05, 0.1) is 23.2 Å². The normalized spacial score (nSPS) is 22.3. The Morgan fingerprint density at radius 3 is 2.48 bits per heavy atom. The van der Waals surface area contributed by atoms with Crippen molar-refractivity contribution in [1.29, 1.82) is 5.26 Å². The van der Waals surface area contributed by atoms with E-state index in [1.165, 1.54) is 6.07 Å². The molecule has 2 aliphatic heterocycles. The number of halogens is 3. The molecule has 4 nitrogen and oxygen atoms in total. The van der Waals surface area contributed by atoms with Gasteiger partial charge < -0.3 is 4.74 Å². The topological polar surface area (TPSA) is 53.3 Å². The van der Waals surface area contributed by atoms with Crippen LogP contribution in [0.2, 0.25) is 0 Å². The first-order valence-electron chi connectivity index (χ1n) is 8.83. The molecule has 2 bridgehead atoms. The molecule has 0 saturated carbocycles. The van der Waals surface area contributed by atoms with Crippen LogP contribution >= 0.6 is 0 Å². The molecule has 144 valence electrons. The summed E-state index contributed by atoms with van der Waals surface area (Å²) in [5.74, 6) is 0. The van der Waals surface area contributed by atoms with E-state index in [9.17, 15) is 18.0 Å². The SMILES string of the molecule is CC(C)(C)OC(=O)N1C2C=C(c3cc(C#N)cc(C(F)(F)F)c3)CC1CC2. The van der Waals surface area contributed by atoms with Gasteiger partial charge in [-0.1, -0.05) is 6.08 Å². The first-order valence-corrected chi connectivity index (χ1v) is 8.83. The molecular formula is C20H21F3N2O2. The van der Waals surface area contributed by atoms with Crippen molar-refractivity contribution >= 4 is 11.7 Å². The maximum atomic E-state index is 13.1. The number of benzene rings is 1. The minimum atomic E-state index is -4.52.